The van der Waals surface area contributed by atoms with Crippen LogP contribution in [0.25, 0.3) is 0 Å². The summed E-state index contributed by atoms with van der Waals surface area (Å²) in [4.78, 5) is 25.9. The molecule has 0 aliphatic heterocycles. The number of carboxylic acids is 1. The van der Waals surface area contributed by atoms with Crippen molar-refractivity contribution in [1.29, 1.82) is 0 Å². The molecule has 2 N–H and O–H groups in total. The number of oxazole rings is 1. The molecule has 2 aromatic heterocycles. The number of rotatable bonds is 3. The average molecular weight is 237 g/mol. The molecule has 0 saturated heterocycles. The molecule has 8 nitrogen and oxygen atoms in total. The van der Waals surface area contributed by atoms with Crippen molar-refractivity contribution in [3.63, 3.8) is 0 Å². The van der Waals surface area contributed by atoms with Gasteiger partial charge in [0.15, 0.2) is 5.69 Å². The largest absolute Gasteiger partial charge is 0.475 e. The molecule has 2 heterocycles. The zero-order valence-electron chi connectivity index (χ0n) is 8.63. The summed E-state index contributed by atoms with van der Waals surface area (Å²) in [6.07, 6.45) is 1.36. The minimum atomic E-state index is -1.30. The highest BCUT2D eigenvalue weighted by Crippen LogP contribution is 2.09. The first-order chi connectivity index (χ1) is 8.06. The molecule has 8 heteroatoms. The maximum absolute atomic E-state index is 11.5. The molecule has 17 heavy (non-hydrogen) atoms. The van der Waals surface area contributed by atoms with Gasteiger partial charge in [0.25, 0.3) is 5.91 Å². The lowest BCUT2D eigenvalue weighted by Crippen LogP contribution is -2.12. The summed E-state index contributed by atoms with van der Waals surface area (Å²) in [7, 11) is 0. The van der Waals surface area contributed by atoms with Crippen LogP contribution < -0.4 is 5.32 Å². The summed E-state index contributed by atoms with van der Waals surface area (Å²) in [6.45, 7) is 1.69. The van der Waals surface area contributed by atoms with Gasteiger partial charge in [0, 0.05) is 6.07 Å². The van der Waals surface area contributed by atoms with Crippen molar-refractivity contribution in [2.75, 3.05) is 5.32 Å². The van der Waals surface area contributed by atoms with Gasteiger partial charge >= 0.3 is 12.0 Å². The third kappa shape index (κ3) is 2.30. The maximum Gasteiger partial charge on any atom is 0.374 e. The number of carboxylic acid groups (broad SMARTS) is 1. The van der Waals surface area contributed by atoms with Crippen molar-refractivity contribution in [1.82, 2.24) is 10.1 Å². The van der Waals surface area contributed by atoms with E-state index in [1.54, 1.807) is 6.92 Å². The van der Waals surface area contributed by atoms with E-state index in [1.165, 1.54) is 6.26 Å². The third-order valence-corrected chi connectivity index (χ3v) is 1.79. The molecule has 0 aliphatic carbocycles. The van der Waals surface area contributed by atoms with Gasteiger partial charge in [-0.3, -0.25) is 10.1 Å². The second kappa shape index (κ2) is 4.08. The molecule has 88 valence electrons. The lowest BCUT2D eigenvalue weighted by molar-refractivity contribution is 0.0651. The topological polar surface area (TPSA) is 118 Å². The van der Waals surface area contributed by atoms with Crippen LogP contribution in [0.4, 0.5) is 6.01 Å². The number of aromatic carboxylic acids is 1. The molecule has 0 radical (unpaired) electrons. The molecule has 0 aromatic carbocycles. The van der Waals surface area contributed by atoms with E-state index in [-0.39, 0.29) is 11.7 Å². The Bertz CT molecular complexity index is 571. The Hall–Kier alpha value is -2.64. The van der Waals surface area contributed by atoms with Gasteiger partial charge in [0.1, 0.15) is 6.26 Å². The van der Waals surface area contributed by atoms with Gasteiger partial charge in [-0.2, -0.15) is 4.98 Å². The van der Waals surface area contributed by atoms with Crippen LogP contribution in [-0.2, 0) is 0 Å². The number of amides is 1. The lowest BCUT2D eigenvalue weighted by Gasteiger charge is -1.94. The van der Waals surface area contributed by atoms with E-state index in [1.807, 2.05) is 0 Å². The van der Waals surface area contributed by atoms with Crippen molar-refractivity contribution >= 4 is 17.9 Å². The number of anilines is 1. The van der Waals surface area contributed by atoms with Gasteiger partial charge in [-0.25, -0.2) is 4.79 Å². The van der Waals surface area contributed by atoms with E-state index in [2.05, 4.69) is 20.0 Å². The third-order valence-electron chi connectivity index (χ3n) is 1.79. The van der Waals surface area contributed by atoms with Gasteiger partial charge in [-0.1, -0.05) is 5.16 Å². The summed E-state index contributed by atoms with van der Waals surface area (Å²) in [5.41, 5.74) is 0.435. The van der Waals surface area contributed by atoms with Crippen molar-refractivity contribution in [3.8, 4) is 0 Å². The van der Waals surface area contributed by atoms with E-state index in [0.717, 1.165) is 6.07 Å². The number of aromatic nitrogens is 2. The standard InChI is InChI=1S/C9H7N3O5/c1-4-3-16-9(10-4)11-7(13)5-2-6(8(14)15)17-12-5/h2-3H,1H3,(H,14,15)(H,10,11,13). The fourth-order valence-corrected chi connectivity index (χ4v) is 1.06. The predicted octanol–water partition coefficient (Wildman–Crippen LogP) is 0.922. The van der Waals surface area contributed by atoms with Crippen LogP contribution in [0.1, 0.15) is 26.7 Å². The number of nitrogens with zero attached hydrogens (tertiary/aromatic N) is 2. The molecule has 0 atom stereocenters. The van der Waals surface area contributed by atoms with Crippen LogP contribution in [-0.4, -0.2) is 27.1 Å². The number of hydrogen-bond acceptors (Lipinski definition) is 6. The smallest absolute Gasteiger partial charge is 0.374 e. The number of hydrogen-bond donors (Lipinski definition) is 2. The Morgan fingerprint density at radius 1 is 1.47 bits per heavy atom. The highest BCUT2D eigenvalue weighted by Gasteiger charge is 2.17. The Morgan fingerprint density at radius 2 is 2.24 bits per heavy atom. The first-order valence-electron chi connectivity index (χ1n) is 4.50. The number of nitrogens with one attached hydrogen (secondary N) is 1. The van der Waals surface area contributed by atoms with E-state index >= 15 is 0 Å². The minimum absolute atomic E-state index is 0.00683. The highest BCUT2D eigenvalue weighted by molar-refractivity contribution is 6.02. The van der Waals surface area contributed by atoms with Gasteiger partial charge < -0.3 is 14.0 Å². The van der Waals surface area contributed by atoms with Crippen molar-refractivity contribution in [2.45, 2.75) is 6.92 Å². The number of carbonyl (C=O) groups excluding carboxylic acids is 1. The van der Waals surface area contributed by atoms with Gasteiger partial charge in [-0.05, 0) is 6.92 Å². The summed E-state index contributed by atoms with van der Waals surface area (Å²) in [6, 6.07) is 1.01. The summed E-state index contributed by atoms with van der Waals surface area (Å²) >= 11 is 0. The Kier molecular flexibility index (Phi) is 2.61. The molecule has 0 unspecified atom stereocenters. The maximum atomic E-state index is 11.5. The van der Waals surface area contributed by atoms with Gasteiger partial charge in [0.2, 0.25) is 5.76 Å². The Labute approximate surface area is 94.2 Å². The second-order valence-electron chi connectivity index (χ2n) is 3.13. The molecular weight excluding hydrogens is 230 g/mol. The normalized spacial score (nSPS) is 10.2. The van der Waals surface area contributed by atoms with Crippen LogP contribution >= 0.6 is 0 Å². The second-order valence-corrected chi connectivity index (χ2v) is 3.13. The van der Waals surface area contributed by atoms with Crippen molar-refractivity contribution in [3.05, 3.63) is 29.5 Å². The predicted molar refractivity (Wildman–Crippen MR) is 52.7 cm³/mol. The van der Waals surface area contributed by atoms with Crippen LogP contribution in [0.2, 0.25) is 0 Å². The van der Waals surface area contributed by atoms with Crippen LogP contribution in [0.15, 0.2) is 21.3 Å². The summed E-state index contributed by atoms with van der Waals surface area (Å²) in [5.74, 6) is -2.38. The lowest BCUT2D eigenvalue weighted by atomic mass is 10.3. The summed E-state index contributed by atoms with van der Waals surface area (Å²) < 4.78 is 9.32. The minimum Gasteiger partial charge on any atom is -0.475 e. The summed E-state index contributed by atoms with van der Waals surface area (Å²) in [5, 5.41) is 14.2. The van der Waals surface area contributed by atoms with Crippen LogP contribution in [0.3, 0.4) is 0 Å². The first-order valence-corrected chi connectivity index (χ1v) is 4.50. The van der Waals surface area contributed by atoms with Crippen molar-refractivity contribution < 1.29 is 23.6 Å². The molecule has 2 rings (SSSR count). The Morgan fingerprint density at radius 3 is 2.76 bits per heavy atom. The Balaban J connectivity index is 2.11. The quantitative estimate of drug-likeness (QED) is 0.814. The molecule has 0 aliphatic rings. The molecule has 0 saturated carbocycles. The zero-order valence-corrected chi connectivity index (χ0v) is 8.63. The molecule has 0 fully saturated rings. The highest BCUT2D eigenvalue weighted by atomic mass is 16.5. The molecular formula is C9H7N3O5. The monoisotopic (exact) mass is 237 g/mol. The first kappa shape index (κ1) is 10.9. The fourth-order valence-electron chi connectivity index (χ4n) is 1.06. The van der Waals surface area contributed by atoms with Crippen molar-refractivity contribution in [2.24, 2.45) is 0 Å². The average Bonchev–Trinajstić information content (AvgIpc) is 2.86. The number of aryl methyl sites for hydroxylation is 1. The van der Waals surface area contributed by atoms with E-state index in [9.17, 15) is 9.59 Å². The van der Waals surface area contributed by atoms with Gasteiger partial charge in [0.05, 0.1) is 5.69 Å². The molecule has 2 aromatic rings. The zero-order chi connectivity index (χ0) is 12.4. The van der Waals surface area contributed by atoms with Crippen LogP contribution in [0, 0.1) is 6.92 Å². The molecule has 0 bridgehead atoms. The SMILES string of the molecule is Cc1coc(NC(=O)c2cc(C(=O)O)on2)n1. The molecule has 0 spiro atoms. The van der Waals surface area contributed by atoms with Gasteiger partial charge in [-0.15, -0.1) is 0 Å². The van der Waals surface area contributed by atoms with Crippen LogP contribution in [0.5, 0.6) is 0 Å². The fraction of sp³-hybridized carbons (Fsp3) is 0.111. The molecule has 1 amide bonds. The van der Waals surface area contributed by atoms with E-state index in [4.69, 9.17) is 9.52 Å². The number of carbonyl (C=O) groups is 2. The van der Waals surface area contributed by atoms with E-state index < -0.39 is 17.6 Å². The van der Waals surface area contributed by atoms with E-state index in [0.29, 0.717) is 5.69 Å².